The third kappa shape index (κ3) is 3.45. The van der Waals surface area contributed by atoms with Crippen LogP contribution in [0.4, 0.5) is 4.39 Å². The zero-order chi connectivity index (χ0) is 18.2. The number of hydrogen-bond donors (Lipinski definition) is 1. The van der Waals surface area contributed by atoms with E-state index in [1.165, 1.54) is 17.7 Å². The van der Waals surface area contributed by atoms with Crippen molar-refractivity contribution in [2.75, 3.05) is 0 Å². The van der Waals surface area contributed by atoms with Crippen molar-refractivity contribution < 1.29 is 12.8 Å². The van der Waals surface area contributed by atoms with Crippen molar-refractivity contribution in [1.82, 2.24) is 4.98 Å². The first-order chi connectivity index (χ1) is 11.8. The van der Waals surface area contributed by atoms with E-state index in [2.05, 4.69) is 4.98 Å². The van der Waals surface area contributed by atoms with Crippen LogP contribution < -0.4 is 5.14 Å². The van der Waals surface area contributed by atoms with Crippen LogP contribution in [0.2, 0.25) is 0 Å². The molecule has 3 aromatic rings. The van der Waals surface area contributed by atoms with Gasteiger partial charge in [0.15, 0.2) is 0 Å². The number of benzene rings is 2. The fraction of sp³-hybridized carbons (Fsp3) is 0.105. The largest absolute Gasteiger partial charge is 0.256 e. The van der Waals surface area contributed by atoms with Crippen LogP contribution >= 0.6 is 0 Å². The zero-order valence-electron chi connectivity index (χ0n) is 13.8. The normalized spacial score (nSPS) is 11.5. The number of hydrogen-bond acceptors (Lipinski definition) is 3. The van der Waals surface area contributed by atoms with Crippen LogP contribution in [0, 0.1) is 19.7 Å². The van der Waals surface area contributed by atoms with Gasteiger partial charge >= 0.3 is 0 Å². The molecular formula is C19H17FN2O2S. The fourth-order valence-electron chi connectivity index (χ4n) is 2.66. The van der Waals surface area contributed by atoms with Crippen molar-refractivity contribution in [3.8, 4) is 22.4 Å². The first kappa shape index (κ1) is 17.3. The summed E-state index contributed by atoms with van der Waals surface area (Å²) in [5, 5.41) is 5.01. The quantitative estimate of drug-likeness (QED) is 0.775. The summed E-state index contributed by atoms with van der Waals surface area (Å²) in [4.78, 5) is 3.84. The van der Waals surface area contributed by atoms with E-state index >= 15 is 0 Å². The topological polar surface area (TPSA) is 73.0 Å². The first-order valence-electron chi connectivity index (χ1n) is 7.63. The van der Waals surface area contributed by atoms with E-state index in [1.54, 1.807) is 6.20 Å². The molecule has 128 valence electrons. The van der Waals surface area contributed by atoms with Crippen LogP contribution in [0.15, 0.2) is 59.6 Å². The van der Waals surface area contributed by atoms with E-state index in [9.17, 15) is 12.8 Å². The maximum atomic E-state index is 14.2. The van der Waals surface area contributed by atoms with Crippen molar-refractivity contribution in [2.24, 2.45) is 5.14 Å². The lowest BCUT2D eigenvalue weighted by Crippen LogP contribution is -2.14. The van der Waals surface area contributed by atoms with Crippen molar-refractivity contribution in [2.45, 2.75) is 18.7 Å². The molecule has 25 heavy (non-hydrogen) atoms. The summed E-state index contributed by atoms with van der Waals surface area (Å²) in [5.74, 6) is -0.892. The van der Waals surface area contributed by atoms with E-state index < -0.39 is 20.7 Å². The van der Waals surface area contributed by atoms with E-state index in [0.717, 1.165) is 22.8 Å². The van der Waals surface area contributed by atoms with E-state index in [4.69, 9.17) is 5.14 Å². The van der Waals surface area contributed by atoms with Crippen molar-refractivity contribution in [3.63, 3.8) is 0 Å². The van der Waals surface area contributed by atoms with E-state index in [1.807, 2.05) is 44.2 Å². The summed E-state index contributed by atoms with van der Waals surface area (Å²) in [6.07, 6.45) is 1.62. The molecular weight excluding hydrogens is 339 g/mol. The van der Waals surface area contributed by atoms with Gasteiger partial charge < -0.3 is 0 Å². The standard InChI is InChI=1S/C19H17FN2O2S/c1-12-5-6-14(10-13(12)2)16-4-3-9-22-19(16)15-7-8-18(17(20)11-15)25(21,23)24/h3-11H,1-2H3,(H2,21,23,24). The van der Waals surface area contributed by atoms with Crippen molar-refractivity contribution in [1.29, 1.82) is 0 Å². The van der Waals surface area contributed by atoms with E-state index in [-0.39, 0.29) is 0 Å². The molecule has 1 heterocycles. The van der Waals surface area contributed by atoms with Gasteiger partial charge in [-0.05, 0) is 48.7 Å². The molecule has 0 radical (unpaired) electrons. The molecule has 2 N–H and O–H groups in total. The number of nitrogens with zero attached hydrogens (tertiary/aromatic N) is 1. The lowest BCUT2D eigenvalue weighted by Gasteiger charge is -2.11. The SMILES string of the molecule is Cc1ccc(-c2cccnc2-c2ccc(S(N)(=O)=O)c(F)c2)cc1C. The first-order valence-corrected chi connectivity index (χ1v) is 9.17. The third-order valence-electron chi connectivity index (χ3n) is 4.14. The van der Waals surface area contributed by atoms with Crippen molar-refractivity contribution >= 4 is 10.0 Å². The zero-order valence-corrected chi connectivity index (χ0v) is 14.6. The maximum absolute atomic E-state index is 14.2. The molecule has 3 rings (SSSR count). The van der Waals surface area contributed by atoms with Crippen molar-refractivity contribution in [3.05, 3.63) is 71.7 Å². The van der Waals surface area contributed by atoms with Gasteiger partial charge in [0, 0.05) is 17.3 Å². The molecule has 0 saturated heterocycles. The van der Waals surface area contributed by atoms with Gasteiger partial charge in [-0.2, -0.15) is 0 Å². The second kappa shape index (κ2) is 6.38. The average Bonchev–Trinajstić information content (AvgIpc) is 2.56. The van der Waals surface area contributed by atoms with Gasteiger partial charge in [-0.3, -0.25) is 4.98 Å². The lowest BCUT2D eigenvalue weighted by molar-refractivity contribution is 0.568. The summed E-state index contributed by atoms with van der Waals surface area (Å²) < 4.78 is 37.0. The van der Waals surface area contributed by atoms with E-state index in [0.29, 0.717) is 11.3 Å². The minimum Gasteiger partial charge on any atom is -0.256 e. The molecule has 0 unspecified atom stereocenters. The second-order valence-electron chi connectivity index (χ2n) is 5.89. The Balaban J connectivity index is 2.16. The summed E-state index contributed by atoms with van der Waals surface area (Å²) >= 11 is 0. The highest BCUT2D eigenvalue weighted by Crippen LogP contribution is 2.32. The molecule has 0 fully saturated rings. The summed E-state index contributed by atoms with van der Waals surface area (Å²) in [5.41, 5.74) is 5.18. The van der Waals surface area contributed by atoms with Gasteiger partial charge in [-0.25, -0.2) is 17.9 Å². The Morgan fingerprint density at radius 1 is 0.960 bits per heavy atom. The Labute approximate surface area is 146 Å². The number of rotatable bonds is 3. The van der Waals surface area contributed by atoms with Gasteiger partial charge in [0.1, 0.15) is 10.7 Å². The molecule has 2 aromatic carbocycles. The Hall–Kier alpha value is -2.57. The molecule has 6 heteroatoms. The van der Waals surface area contributed by atoms with Crippen LogP contribution in [-0.2, 0) is 10.0 Å². The molecule has 1 aromatic heterocycles. The number of aryl methyl sites for hydroxylation is 2. The molecule has 0 aliphatic heterocycles. The molecule has 0 aliphatic carbocycles. The number of halogens is 1. The predicted molar refractivity (Wildman–Crippen MR) is 95.9 cm³/mol. The highest BCUT2D eigenvalue weighted by atomic mass is 32.2. The summed E-state index contributed by atoms with van der Waals surface area (Å²) in [7, 11) is -4.10. The molecule has 0 spiro atoms. The van der Waals surface area contributed by atoms with Gasteiger partial charge in [-0.1, -0.05) is 30.3 Å². The Kier molecular flexibility index (Phi) is 4.41. The Morgan fingerprint density at radius 2 is 1.68 bits per heavy atom. The molecule has 0 bridgehead atoms. The van der Waals surface area contributed by atoms with Crippen LogP contribution in [-0.4, -0.2) is 13.4 Å². The number of pyridine rings is 1. The Morgan fingerprint density at radius 3 is 2.32 bits per heavy atom. The molecule has 0 aliphatic rings. The molecule has 0 atom stereocenters. The predicted octanol–water partition coefficient (Wildman–Crippen LogP) is 3.82. The summed E-state index contributed by atoms with van der Waals surface area (Å²) in [6, 6.07) is 13.6. The van der Waals surface area contributed by atoms with Gasteiger partial charge in [-0.15, -0.1) is 0 Å². The van der Waals surface area contributed by atoms with Gasteiger partial charge in [0.2, 0.25) is 10.0 Å². The van der Waals surface area contributed by atoms with Crippen LogP contribution in [0.3, 0.4) is 0 Å². The van der Waals surface area contributed by atoms with Crippen LogP contribution in [0.5, 0.6) is 0 Å². The Bertz CT molecular complexity index is 1060. The van der Waals surface area contributed by atoms with Gasteiger partial charge in [0.05, 0.1) is 5.69 Å². The molecule has 0 amide bonds. The minimum absolute atomic E-state index is 0.485. The average molecular weight is 356 g/mol. The smallest absolute Gasteiger partial charge is 0.240 e. The number of primary sulfonamides is 1. The van der Waals surface area contributed by atoms with Gasteiger partial charge in [0.25, 0.3) is 0 Å². The molecule has 4 nitrogen and oxygen atoms in total. The summed E-state index contributed by atoms with van der Waals surface area (Å²) in [6.45, 7) is 4.06. The highest BCUT2D eigenvalue weighted by Gasteiger charge is 2.17. The number of aromatic nitrogens is 1. The maximum Gasteiger partial charge on any atom is 0.240 e. The number of sulfonamides is 1. The number of nitrogens with two attached hydrogens (primary N) is 1. The minimum atomic E-state index is -4.10. The molecule has 0 saturated carbocycles. The van der Waals surface area contributed by atoms with Crippen LogP contribution in [0.25, 0.3) is 22.4 Å². The monoisotopic (exact) mass is 356 g/mol. The highest BCUT2D eigenvalue weighted by molar-refractivity contribution is 7.89. The lowest BCUT2D eigenvalue weighted by atomic mass is 9.96. The van der Waals surface area contributed by atoms with Crippen LogP contribution in [0.1, 0.15) is 11.1 Å². The second-order valence-corrected chi connectivity index (χ2v) is 7.42. The fourth-order valence-corrected chi connectivity index (χ4v) is 3.24. The third-order valence-corrected chi connectivity index (χ3v) is 5.08.